The van der Waals surface area contributed by atoms with Crippen molar-refractivity contribution in [2.24, 2.45) is 0 Å². The molecule has 0 saturated carbocycles. The number of anilines is 2. The maximum Gasteiger partial charge on any atom is 0.221 e. The van der Waals surface area contributed by atoms with Gasteiger partial charge in [0.15, 0.2) is 0 Å². The third-order valence-electron chi connectivity index (χ3n) is 3.60. The third-order valence-corrected chi connectivity index (χ3v) is 3.60. The number of aromatic nitrogens is 2. The lowest BCUT2D eigenvalue weighted by Gasteiger charge is -2.25. The van der Waals surface area contributed by atoms with E-state index in [1.165, 1.54) is 0 Å². The Labute approximate surface area is 108 Å². The largest absolute Gasteiger partial charge is 0.390 e. The van der Waals surface area contributed by atoms with Gasteiger partial charge in [-0.25, -0.2) is 4.98 Å². The van der Waals surface area contributed by atoms with Gasteiger partial charge in [-0.3, -0.25) is 0 Å². The second-order valence-corrected chi connectivity index (χ2v) is 5.27. The van der Waals surface area contributed by atoms with Crippen LogP contribution in [-0.2, 0) is 6.42 Å². The van der Waals surface area contributed by atoms with Crippen molar-refractivity contribution in [3.05, 3.63) is 11.8 Å². The van der Waals surface area contributed by atoms with Gasteiger partial charge in [0.25, 0.3) is 0 Å². The van der Waals surface area contributed by atoms with E-state index in [1.807, 2.05) is 6.92 Å². The number of aryl methyl sites for hydroxylation is 1. The van der Waals surface area contributed by atoms with Crippen LogP contribution in [0, 0.1) is 0 Å². The van der Waals surface area contributed by atoms with Crippen molar-refractivity contribution in [3.8, 4) is 0 Å². The number of nitrogens with zero attached hydrogens (tertiary/aromatic N) is 3. The standard InChI is InChI=1S/C13H22N4O/c1-3-10-9-15-12(14)16-11(10)17-7-4-5-13(2,18)6-8-17/h9,18H,3-8H2,1-2H3,(H2,14,15,16)/t13-/m0/s1. The van der Waals surface area contributed by atoms with E-state index in [1.54, 1.807) is 6.20 Å². The molecule has 0 aromatic carbocycles. The minimum Gasteiger partial charge on any atom is -0.390 e. The first-order chi connectivity index (χ1) is 8.52. The maximum absolute atomic E-state index is 10.1. The second kappa shape index (κ2) is 5.10. The van der Waals surface area contributed by atoms with Crippen molar-refractivity contribution in [3.63, 3.8) is 0 Å². The summed E-state index contributed by atoms with van der Waals surface area (Å²) in [6.07, 6.45) is 5.27. The lowest BCUT2D eigenvalue weighted by molar-refractivity contribution is 0.0481. The Morgan fingerprint density at radius 3 is 2.94 bits per heavy atom. The average molecular weight is 250 g/mol. The van der Waals surface area contributed by atoms with Gasteiger partial charge in [-0.1, -0.05) is 6.92 Å². The highest BCUT2D eigenvalue weighted by Crippen LogP contribution is 2.26. The van der Waals surface area contributed by atoms with Gasteiger partial charge >= 0.3 is 0 Å². The normalized spacial score (nSPS) is 24.9. The minimum absolute atomic E-state index is 0.318. The zero-order chi connectivity index (χ0) is 13.2. The Hall–Kier alpha value is -1.36. The molecule has 0 radical (unpaired) electrons. The molecule has 1 fully saturated rings. The van der Waals surface area contributed by atoms with Gasteiger partial charge in [-0.15, -0.1) is 0 Å². The highest BCUT2D eigenvalue weighted by molar-refractivity contribution is 5.48. The molecule has 100 valence electrons. The summed E-state index contributed by atoms with van der Waals surface area (Å²) < 4.78 is 0. The molecule has 1 atom stereocenters. The molecule has 1 aliphatic rings. The molecule has 5 nitrogen and oxygen atoms in total. The maximum atomic E-state index is 10.1. The van der Waals surface area contributed by atoms with Crippen LogP contribution in [0.3, 0.4) is 0 Å². The molecule has 3 N–H and O–H groups in total. The molecule has 2 heterocycles. The summed E-state index contributed by atoms with van der Waals surface area (Å²) in [7, 11) is 0. The van der Waals surface area contributed by atoms with Crippen LogP contribution in [0.5, 0.6) is 0 Å². The first-order valence-corrected chi connectivity index (χ1v) is 6.60. The monoisotopic (exact) mass is 250 g/mol. The Kier molecular flexibility index (Phi) is 3.71. The average Bonchev–Trinajstić information content (AvgIpc) is 2.50. The SMILES string of the molecule is CCc1cnc(N)nc1N1CCC[C@](C)(O)CC1. The van der Waals surface area contributed by atoms with Crippen LogP contribution < -0.4 is 10.6 Å². The van der Waals surface area contributed by atoms with E-state index in [0.717, 1.165) is 50.2 Å². The third kappa shape index (κ3) is 2.90. The molecule has 1 aromatic heterocycles. The lowest BCUT2D eigenvalue weighted by atomic mass is 9.98. The van der Waals surface area contributed by atoms with Crippen molar-refractivity contribution in [1.29, 1.82) is 0 Å². The quantitative estimate of drug-likeness (QED) is 0.829. The van der Waals surface area contributed by atoms with Crippen LogP contribution in [0.2, 0.25) is 0 Å². The summed E-state index contributed by atoms with van der Waals surface area (Å²) in [6, 6.07) is 0. The van der Waals surface area contributed by atoms with Crippen molar-refractivity contribution >= 4 is 11.8 Å². The summed E-state index contributed by atoms with van der Waals surface area (Å²) in [5, 5.41) is 10.1. The zero-order valence-corrected chi connectivity index (χ0v) is 11.2. The van der Waals surface area contributed by atoms with Crippen molar-refractivity contribution in [2.45, 2.75) is 45.1 Å². The molecule has 18 heavy (non-hydrogen) atoms. The first-order valence-electron chi connectivity index (χ1n) is 6.60. The van der Waals surface area contributed by atoms with Crippen LogP contribution in [-0.4, -0.2) is 33.8 Å². The smallest absolute Gasteiger partial charge is 0.221 e. The number of hydrogen-bond acceptors (Lipinski definition) is 5. The van der Waals surface area contributed by atoms with E-state index in [0.29, 0.717) is 5.95 Å². The second-order valence-electron chi connectivity index (χ2n) is 5.27. The van der Waals surface area contributed by atoms with Crippen LogP contribution in [0.4, 0.5) is 11.8 Å². The van der Waals surface area contributed by atoms with Crippen LogP contribution in [0.1, 0.15) is 38.7 Å². The van der Waals surface area contributed by atoms with E-state index < -0.39 is 5.60 Å². The molecule has 1 saturated heterocycles. The minimum atomic E-state index is -0.556. The molecule has 5 heteroatoms. The molecule has 0 amide bonds. The summed E-state index contributed by atoms with van der Waals surface area (Å²) in [5.41, 5.74) is 6.24. The van der Waals surface area contributed by atoms with E-state index in [2.05, 4.69) is 21.8 Å². The van der Waals surface area contributed by atoms with Crippen molar-refractivity contribution in [2.75, 3.05) is 23.7 Å². The Balaban J connectivity index is 2.23. The van der Waals surface area contributed by atoms with Gasteiger partial charge in [-0.2, -0.15) is 4.98 Å². The lowest BCUT2D eigenvalue weighted by Crippen LogP contribution is -2.29. The summed E-state index contributed by atoms with van der Waals surface area (Å²) >= 11 is 0. The molecule has 0 unspecified atom stereocenters. The number of nitrogens with two attached hydrogens (primary N) is 1. The number of nitrogen functional groups attached to an aromatic ring is 1. The van der Waals surface area contributed by atoms with Crippen molar-refractivity contribution < 1.29 is 5.11 Å². The van der Waals surface area contributed by atoms with E-state index in [-0.39, 0.29) is 0 Å². The summed E-state index contributed by atoms with van der Waals surface area (Å²) in [4.78, 5) is 10.6. The molecule has 0 spiro atoms. The van der Waals surface area contributed by atoms with Crippen LogP contribution >= 0.6 is 0 Å². The molecule has 0 aliphatic carbocycles. The fraction of sp³-hybridized carbons (Fsp3) is 0.692. The molecular formula is C13H22N4O. The van der Waals surface area contributed by atoms with Gasteiger partial charge in [0.05, 0.1) is 5.60 Å². The van der Waals surface area contributed by atoms with Crippen LogP contribution in [0.15, 0.2) is 6.20 Å². The van der Waals surface area contributed by atoms with Gasteiger partial charge in [-0.05, 0) is 32.6 Å². The van der Waals surface area contributed by atoms with E-state index >= 15 is 0 Å². The van der Waals surface area contributed by atoms with E-state index in [9.17, 15) is 5.11 Å². The Morgan fingerprint density at radius 1 is 1.44 bits per heavy atom. The Morgan fingerprint density at radius 2 is 2.22 bits per heavy atom. The molecule has 1 aromatic rings. The molecule has 0 bridgehead atoms. The van der Waals surface area contributed by atoms with Gasteiger partial charge in [0.1, 0.15) is 5.82 Å². The van der Waals surface area contributed by atoms with E-state index in [4.69, 9.17) is 5.73 Å². The fourth-order valence-electron chi connectivity index (χ4n) is 2.41. The van der Waals surface area contributed by atoms with Gasteiger partial charge < -0.3 is 15.7 Å². The number of aliphatic hydroxyl groups is 1. The predicted octanol–water partition coefficient (Wildman–Crippen LogP) is 1.36. The van der Waals surface area contributed by atoms with Crippen molar-refractivity contribution in [1.82, 2.24) is 9.97 Å². The number of rotatable bonds is 2. The Bertz CT molecular complexity index is 419. The summed E-state index contributed by atoms with van der Waals surface area (Å²) in [5.74, 6) is 1.25. The highest BCUT2D eigenvalue weighted by atomic mass is 16.3. The topological polar surface area (TPSA) is 75.3 Å². The zero-order valence-electron chi connectivity index (χ0n) is 11.2. The molecule has 2 rings (SSSR count). The fourth-order valence-corrected chi connectivity index (χ4v) is 2.41. The number of hydrogen-bond donors (Lipinski definition) is 2. The first kappa shape index (κ1) is 13.1. The molecular weight excluding hydrogens is 228 g/mol. The summed E-state index contributed by atoms with van der Waals surface area (Å²) in [6.45, 7) is 5.73. The van der Waals surface area contributed by atoms with Gasteiger partial charge in [0.2, 0.25) is 5.95 Å². The predicted molar refractivity (Wildman–Crippen MR) is 72.5 cm³/mol. The molecule has 1 aliphatic heterocycles. The van der Waals surface area contributed by atoms with Crippen LogP contribution in [0.25, 0.3) is 0 Å². The van der Waals surface area contributed by atoms with Gasteiger partial charge in [0, 0.05) is 24.8 Å². The highest BCUT2D eigenvalue weighted by Gasteiger charge is 2.26.